The first-order valence-electron chi connectivity index (χ1n) is 7.26. The summed E-state index contributed by atoms with van der Waals surface area (Å²) in [6.07, 6.45) is 6.78. The molecule has 94 valence electrons. The summed E-state index contributed by atoms with van der Waals surface area (Å²) >= 11 is 0. The first-order valence-corrected chi connectivity index (χ1v) is 7.26. The molecule has 17 heavy (non-hydrogen) atoms. The van der Waals surface area contributed by atoms with Gasteiger partial charge in [0.2, 0.25) is 0 Å². The Labute approximate surface area is 101 Å². The van der Waals surface area contributed by atoms with Gasteiger partial charge < -0.3 is 9.47 Å². The second-order valence-corrected chi connectivity index (χ2v) is 6.82. The van der Waals surface area contributed by atoms with Crippen LogP contribution >= 0.6 is 0 Å². The number of halogens is 1. The Morgan fingerprint density at radius 1 is 0.824 bits per heavy atom. The largest absolute Gasteiger partial charge is 0.370 e. The van der Waals surface area contributed by atoms with Crippen LogP contribution in [-0.2, 0) is 9.47 Å². The Kier molecular flexibility index (Phi) is 1.75. The molecule has 3 saturated carbocycles. The highest BCUT2D eigenvalue weighted by molar-refractivity contribution is 5.10. The molecule has 0 radical (unpaired) electrons. The van der Waals surface area contributed by atoms with Gasteiger partial charge in [-0.1, -0.05) is 0 Å². The highest BCUT2D eigenvalue weighted by atomic mass is 19.1. The molecule has 3 heteroatoms. The number of alkyl halides is 1. The zero-order chi connectivity index (χ0) is 11.1. The van der Waals surface area contributed by atoms with Gasteiger partial charge >= 0.3 is 0 Å². The lowest BCUT2D eigenvalue weighted by atomic mass is 9.73. The minimum Gasteiger partial charge on any atom is -0.370 e. The van der Waals surface area contributed by atoms with Crippen LogP contribution in [0.2, 0.25) is 0 Å². The lowest BCUT2D eigenvalue weighted by molar-refractivity contribution is 0.0789. The van der Waals surface area contributed by atoms with Crippen LogP contribution in [0.3, 0.4) is 0 Å². The van der Waals surface area contributed by atoms with Gasteiger partial charge in [0.25, 0.3) is 0 Å². The van der Waals surface area contributed by atoms with Crippen molar-refractivity contribution in [3.05, 3.63) is 0 Å². The summed E-state index contributed by atoms with van der Waals surface area (Å²) in [5, 5.41) is 0. The zero-order valence-corrected chi connectivity index (χ0v) is 9.93. The molecule has 0 aromatic rings. The second-order valence-electron chi connectivity index (χ2n) is 6.82. The van der Waals surface area contributed by atoms with Crippen molar-refractivity contribution in [3.8, 4) is 0 Å². The predicted molar refractivity (Wildman–Crippen MR) is 59.3 cm³/mol. The summed E-state index contributed by atoms with van der Waals surface area (Å²) in [6.45, 7) is 0. The lowest BCUT2D eigenvalue weighted by Crippen LogP contribution is -2.33. The van der Waals surface area contributed by atoms with Gasteiger partial charge in [-0.15, -0.1) is 0 Å². The molecule has 1 unspecified atom stereocenters. The van der Waals surface area contributed by atoms with Gasteiger partial charge in [0.05, 0.1) is 24.4 Å². The van der Waals surface area contributed by atoms with Crippen molar-refractivity contribution in [1.29, 1.82) is 0 Å². The highest BCUT2D eigenvalue weighted by Crippen LogP contribution is 2.59. The van der Waals surface area contributed by atoms with Crippen molar-refractivity contribution in [2.75, 3.05) is 0 Å². The van der Waals surface area contributed by atoms with Crippen molar-refractivity contribution >= 4 is 0 Å². The van der Waals surface area contributed by atoms with E-state index < -0.39 is 6.17 Å². The first-order chi connectivity index (χ1) is 8.31. The number of fused-ring (bicyclic) bond motifs is 3. The highest BCUT2D eigenvalue weighted by Gasteiger charge is 2.62. The van der Waals surface area contributed by atoms with Crippen molar-refractivity contribution in [1.82, 2.24) is 0 Å². The number of ether oxygens (including phenoxy) is 2. The first kappa shape index (κ1) is 9.74. The van der Waals surface area contributed by atoms with Gasteiger partial charge in [-0.05, 0) is 43.4 Å². The maximum absolute atomic E-state index is 14.1. The molecule has 2 saturated heterocycles. The van der Waals surface area contributed by atoms with E-state index in [0.717, 1.165) is 11.8 Å². The van der Waals surface area contributed by atoms with Crippen molar-refractivity contribution in [2.45, 2.75) is 62.7 Å². The van der Waals surface area contributed by atoms with E-state index in [2.05, 4.69) is 0 Å². The summed E-state index contributed by atoms with van der Waals surface area (Å²) in [5.41, 5.74) is 0. The second kappa shape index (κ2) is 3.05. The van der Waals surface area contributed by atoms with Gasteiger partial charge in [0.15, 0.2) is 0 Å². The van der Waals surface area contributed by atoms with Crippen LogP contribution < -0.4 is 0 Å². The van der Waals surface area contributed by atoms with Crippen LogP contribution in [0.15, 0.2) is 0 Å². The Hall–Kier alpha value is -0.150. The lowest BCUT2D eigenvalue weighted by Gasteiger charge is -2.32. The molecular formula is C14H19FO2. The normalized spacial score (nSPS) is 67.2. The number of hydrogen-bond acceptors (Lipinski definition) is 2. The molecular weight excluding hydrogens is 219 g/mol. The summed E-state index contributed by atoms with van der Waals surface area (Å²) in [7, 11) is 0. The SMILES string of the molecule is F[C@H]1C[C@H]2O[C@H]2C1[C@H]1CC[C@@H]2C[C@@H]3O[C@@H]3C[C@@H]21. The van der Waals surface area contributed by atoms with Crippen LogP contribution in [0.5, 0.6) is 0 Å². The van der Waals surface area contributed by atoms with E-state index in [9.17, 15) is 4.39 Å². The molecule has 0 bridgehead atoms. The van der Waals surface area contributed by atoms with Crippen molar-refractivity contribution in [2.24, 2.45) is 23.7 Å². The summed E-state index contributed by atoms with van der Waals surface area (Å²) < 4.78 is 25.3. The van der Waals surface area contributed by atoms with Gasteiger partial charge in [-0.25, -0.2) is 4.39 Å². The average molecular weight is 238 g/mol. The molecule has 0 amide bonds. The van der Waals surface area contributed by atoms with Crippen LogP contribution in [-0.4, -0.2) is 30.6 Å². The van der Waals surface area contributed by atoms with Crippen molar-refractivity contribution < 1.29 is 13.9 Å². The molecule has 2 nitrogen and oxygen atoms in total. The topological polar surface area (TPSA) is 25.1 Å². The Balaban J connectivity index is 1.40. The average Bonchev–Trinajstić information content (AvgIpc) is 3.15. The number of epoxide rings is 2. The Bertz CT molecular complexity index is 358. The number of hydrogen-bond donors (Lipinski definition) is 0. The van der Waals surface area contributed by atoms with Gasteiger partial charge in [-0.2, -0.15) is 0 Å². The monoisotopic (exact) mass is 238 g/mol. The quantitative estimate of drug-likeness (QED) is 0.655. The third-order valence-electron chi connectivity index (χ3n) is 6.12. The van der Waals surface area contributed by atoms with Crippen LogP contribution in [0.4, 0.5) is 4.39 Å². The van der Waals surface area contributed by atoms with E-state index in [0.29, 0.717) is 24.5 Å². The molecule has 2 aliphatic heterocycles. The standard InChI is InChI=1S/C14H19FO2/c15-9-5-12-14(17-12)13(9)7-2-1-6-3-10-11(16-10)4-8(6)7/h6-14H,1-5H2/t6-,7+,8+,9+,10+,11-,12-,13?,14-/m1/s1. The van der Waals surface area contributed by atoms with E-state index in [1.807, 2.05) is 0 Å². The van der Waals surface area contributed by atoms with E-state index in [1.54, 1.807) is 0 Å². The van der Waals surface area contributed by atoms with Gasteiger partial charge in [0.1, 0.15) is 6.17 Å². The molecule has 0 aromatic carbocycles. The van der Waals surface area contributed by atoms with Gasteiger partial charge in [-0.3, -0.25) is 0 Å². The minimum absolute atomic E-state index is 0.227. The van der Waals surface area contributed by atoms with E-state index in [1.165, 1.54) is 25.7 Å². The van der Waals surface area contributed by atoms with E-state index in [-0.39, 0.29) is 18.1 Å². The van der Waals surface area contributed by atoms with E-state index in [4.69, 9.17) is 9.47 Å². The van der Waals surface area contributed by atoms with E-state index >= 15 is 0 Å². The Morgan fingerprint density at radius 3 is 2.53 bits per heavy atom. The molecule has 9 atom stereocenters. The summed E-state index contributed by atoms with van der Waals surface area (Å²) in [4.78, 5) is 0. The third-order valence-corrected chi connectivity index (χ3v) is 6.12. The zero-order valence-electron chi connectivity index (χ0n) is 9.93. The maximum Gasteiger partial charge on any atom is 0.108 e. The van der Waals surface area contributed by atoms with Crippen LogP contribution in [0.25, 0.3) is 0 Å². The molecule has 5 fully saturated rings. The minimum atomic E-state index is -0.583. The maximum atomic E-state index is 14.1. The van der Waals surface area contributed by atoms with Crippen molar-refractivity contribution in [3.63, 3.8) is 0 Å². The molecule has 0 aromatic heterocycles. The fraction of sp³-hybridized carbons (Fsp3) is 1.00. The van der Waals surface area contributed by atoms with Crippen LogP contribution in [0, 0.1) is 23.7 Å². The number of rotatable bonds is 1. The predicted octanol–water partition coefficient (Wildman–Crippen LogP) is 2.32. The molecule has 0 N–H and O–H groups in total. The fourth-order valence-corrected chi connectivity index (χ4v) is 5.26. The summed E-state index contributed by atoms with van der Waals surface area (Å²) in [6, 6.07) is 0. The van der Waals surface area contributed by atoms with Crippen LogP contribution in [0.1, 0.15) is 32.1 Å². The molecule has 3 aliphatic carbocycles. The van der Waals surface area contributed by atoms with Gasteiger partial charge in [0, 0.05) is 12.3 Å². The molecule has 0 spiro atoms. The fourth-order valence-electron chi connectivity index (χ4n) is 5.26. The molecule has 5 aliphatic rings. The summed E-state index contributed by atoms with van der Waals surface area (Å²) in [5.74, 6) is 2.39. The third kappa shape index (κ3) is 1.27. The molecule has 5 rings (SSSR count). The smallest absolute Gasteiger partial charge is 0.108 e. The Morgan fingerprint density at radius 2 is 1.71 bits per heavy atom. The molecule has 2 heterocycles.